The lowest BCUT2D eigenvalue weighted by molar-refractivity contribution is 0.100. The van der Waals surface area contributed by atoms with Gasteiger partial charge in [-0.05, 0) is 72.4 Å². The van der Waals surface area contributed by atoms with Crippen LogP contribution in [0.1, 0.15) is 60.3 Å². The first kappa shape index (κ1) is 20.9. The molecule has 2 nitrogen and oxygen atoms in total. The van der Waals surface area contributed by atoms with E-state index in [1.54, 1.807) is 5.57 Å². The van der Waals surface area contributed by atoms with Crippen LogP contribution < -0.4 is 5.32 Å². The molecule has 1 aliphatic heterocycles. The standard InChI is InChI=1S/C22H37NO/c1-6-18(3)17-19(4)13-16-24-20(5)9-8-10-21(7-2)22-11-14-23-15-12-22/h6,8-10,17,20,22-23H,7,11-16H2,1-5H3/b9-8-,18-6-,19-17-,21-10+. The number of rotatable bonds is 9. The number of hydrogen-bond donors (Lipinski definition) is 1. The van der Waals surface area contributed by atoms with Gasteiger partial charge in [0, 0.05) is 0 Å². The van der Waals surface area contributed by atoms with Crippen molar-refractivity contribution in [3.05, 3.63) is 47.1 Å². The molecule has 136 valence electrons. The van der Waals surface area contributed by atoms with Gasteiger partial charge in [-0.15, -0.1) is 0 Å². The zero-order valence-corrected chi connectivity index (χ0v) is 16.4. The maximum absolute atomic E-state index is 5.90. The summed E-state index contributed by atoms with van der Waals surface area (Å²) < 4.78 is 5.90. The first-order valence-corrected chi connectivity index (χ1v) is 9.56. The van der Waals surface area contributed by atoms with Gasteiger partial charge in [-0.2, -0.15) is 0 Å². The molecule has 2 heteroatoms. The summed E-state index contributed by atoms with van der Waals surface area (Å²) in [6.45, 7) is 13.9. The molecule has 1 rings (SSSR count). The second-order valence-electron chi connectivity index (χ2n) is 6.85. The number of piperidine rings is 1. The predicted molar refractivity (Wildman–Crippen MR) is 106 cm³/mol. The summed E-state index contributed by atoms with van der Waals surface area (Å²) in [6, 6.07) is 0. The fourth-order valence-corrected chi connectivity index (χ4v) is 3.08. The molecule has 1 atom stereocenters. The highest BCUT2D eigenvalue weighted by molar-refractivity contribution is 5.20. The first-order chi connectivity index (χ1) is 11.6. The molecule has 0 amide bonds. The summed E-state index contributed by atoms with van der Waals surface area (Å²) in [5, 5.41) is 3.44. The third-order valence-electron chi connectivity index (χ3n) is 4.77. The van der Waals surface area contributed by atoms with Crippen molar-refractivity contribution in [2.45, 2.75) is 66.4 Å². The van der Waals surface area contributed by atoms with E-state index in [4.69, 9.17) is 4.74 Å². The van der Waals surface area contributed by atoms with E-state index < -0.39 is 0 Å². The van der Waals surface area contributed by atoms with Gasteiger partial charge in [0.25, 0.3) is 0 Å². The van der Waals surface area contributed by atoms with Gasteiger partial charge in [-0.25, -0.2) is 0 Å². The molecule has 1 heterocycles. The monoisotopic (exact) mass is 331 g/mol. The molecule has 1 fully saturated rings. The predicted octanol–water partition coefficient (Wildman–Crippen LogP) is 5.59. The van der Waals surface area contributed by atoms with Gasteiger partial charge >= 0.3 is 0 Å². The van der Waals surface area contributed by atoms with E-state index in [0.29, 0.717) is 0 Å². The molecule has 0 spiro atoms. The zero-order chi connectivity index (χ0) is 17.8. The highest BCUT2D eigenvalue weighted by Gasteiger charge is 2.15. The van der Waals surface area contributed by atoms with E-state index in [0.717, 1.165) is 38.5 Å². The molecule has 1 N–H and O–H groups in total. The fourth-order valence-electron chi connectivity index (χ4n) is 3.08. The lowest BCUT2D eigenvalue weighted by atomic mass is 9.88. The maximum Gasteiger partial charge on any atom is 0.0730 e. The highest BCUT2D eigenvalue weighted by Crippen LogP contribution is 2.23. The molecule has 0 aromatic rings. The van der Waals surface area contributed by atoms with Crippen molar-refractivity contribution in [2.75, 3.05) is 19.7 Å². The molecule has 0 radical (unpaired) electrons. The minimum Gasteiger partial charge on any atom is -0.374 e. The molecular weight excluding hydrogens is 294 g/mol. The summed E-state index contributed by atoms with van der Waals surface area (Å²) in [4.78, 5) is 0. The summed E-state index contributed by atoms with van der Waals surface area (Å²) in [7, 11) is 0. The molecule has 24 heavy (non-hydrogen) atoms. The smallest absolute Gasteiger partial charge is 0.0730 e. The minimum atomic E-state index is 0.169. The number of ether oxygens (including phenoxy) is 1. The van der Waals surface area contributed by atoms with Crippen molar-refractivity contribution in [1.29, 1.82) is 0 Å². The summed E-state index contributed by atoms with van der Waals surface area (Å²) >= 11 is 0. The highest BCUT2D eigenvalue weighted by atomic mass is 16.5. The van der Waals surface area contributed by atoms with E-state index in [-0.39, 0.29) is 6.10 Å². The Morgan fingerprint density at radius 2 is 1.96 bits per heavy atom. The Morgan fingerprint density at radius 1 is 1.25 bits per heavy atom. The molecular formula is C22H37NO. The Bertz CT molecular complexity index is 464. The van der Waals surface area contributed by atoms with Crippen molar-refractivity contribution in [3.63, 3.8) is 0 Å². The Labute approximate surface area is 149 Å². The van der Waals surface area contributed by atoms with Crippen LogP contribution in [0.4, 0.5) is 0 Å². The minimum absolute atomic E-state index is 0.169. The van der Waals surface area contributed by atoms with Crippen LogP contribution in [0.25, 0.3) is 0 Å². The van der Waals surface area contributed by atoms with E-state index in [1.165, 1.54) is 24.0 Å². The summed E-state index contributed by atoms with van der Waals surface area (Å²) in [5.41, 5.74) is 4.27. The molecule has 1 aliphatic rings. The van der Waals surface area contributed by atoms with Crippen LogP contribution in [0.15, 0.2) is 47.1 Å². The number of nitrogens with one attached hydrogen (secondary N) is 1. The van der Waals surface area contributed by atoms with Crippen molar-refractivity contribution in [2.24, 2.45) is 5.92 Å². The van der Waals surface area contributed by atoms with Crippen LogP contribution in [-0.4, -0.2) is 25.8 Å². The Hall–Kier alpha value is -1.12. The molecule has 1 unspecified atom stereocenters. The molecule has 0 aromatic heterocycles. The topological polar surface area (TPSA) is 21.3 Å². The third-order valence-corrected chi connectivity index (χ3v) is 4.77. The van der Waals surface area contributed by atoms with Crippen LogP contribution in [0.2, 0.25) is 0 Å². The second-order valence-corrected chi connectivity index (χ2v) is 6.85. The Kier molecular flexibility index (Phi) is 10.7. The fraction of sp³-hybridized carbons (Fsp3) is 0.636. The van der Waals surface area contributed by atoms with E-state index in [9.17, 15) is 0 Å². The average molecular weight is 332 g/mol. The number of allylic oxidation sites excluding steroid dienone is 6. The van der Waals surface area contributed by atoms with Crippen LogP contribution in [0.5, 0.6) is 0 Å². The number of hydrogen-bond acceptors (Lipinski definition) is 2. The Morgan fingerprint density at radius 3 is 2.58 bits per heavy atom. The molecule has 0 aliphatic carbocycles. The van der Waals surface area contributed by atoms with Gasteiger partial charge < -0.3 is 10.1 Å². The van der Waals surface area contributed by atoms with Gasteiger partial charge in [-0.3, -0.25) is 0 Å². The van der Waals surface area contributed by atoms with Gasteiger partial charge in [0.15, 0.2) is 0 Å². The van der Waals surface area contributed by atoms with Crippen LogP contribution in [-0.2, 0) is 4.74 Å². The van der Waals surface area contributed by atoms with Gasteiger partial charge in [0.2, 0.25) is 0 Å². The SMILES string of the molecule is C/C=C(C)\C=C(\C)CCOC(C)/C=C\C=C(/CC)C1CCNCC1. The molecule has 0 aromatic carbocycles. The van der Waals surface area contributed by atoms with Crippen LogP contribution >= 0.6 is 0 Å². The molecule has 1 saturated heterocycles. The normalized spacial score (nSPS) is 20.0. The lowest BCUT2D eigenvalue weighted by Crippen LogP contribution is -2.28. The Balaban J connectivity index is 2.37. The van der Waals surface area contributed by atoms with Crippen molar-refractivity contribution >= 4 is 0 Å². The second kappa shape index (κ2) is 12.3. The van der Waals surface area contributed by atoms with E-state index >= 15 is 0 Å². The van der Waals surface area contributed by atoms with Gasteiger partial charge in [0.1, 0.15) is 0 Å². The van der Waals surface area contributed by atoms with Crippen molar-refractivity contribution in [1.82, 2.24) is 5.32 Å². The molecule has 0 saturated carbocycles. The lowest BCUT2D eigenvalue weighted by Gasteiger charge is -2.24. The van der Waals surface area contributed by atoms with Crippen molar-refractivity contribution in [3.8, 4) is 0 Å². The van der Waals surface area contributed by atoms with E-state index in [2.05, 4.69) is 70.3 Å². The first-order valence-electron chi connectivity index (χ1n) is 9.56. The van der Waals surface area contributed by atoms with Crippen molar-refractivity contribution < 1.29 is 4.74 Å². The van der Waals surface area contributed by atoms with Crippen LogP contribution in [0.3, 0.4) is 0 Å². The largest absolute Gasteiger partial charge is 0.374 e. The average Bonchev–Trinajstić information content (AvgIpc) is 2.59. The molecule has 0 bridgehead atoms. The van der Waals surface area contributed by atoms with Gasteiger partial charge in [-0.1, -0.05) is 54.0 Å². The summed E-state index contributed by atoms with van der Waals surface area (Å²) in [5.74, 6) is 0.764. The summed E-state index contributed by atoms with van der Waals surface area (Å²) in [6.07, 6.45) is 15.9. The third kappa shape index (κ3) is 8.65. The van der Waals surface area contributed by atoms with Gasteiger partial charge in [0.05, 0.1) is 12.7 Å². The maximum atomic E-state index is 5.90. The van der Waals surface area contributed by atoms with Crippen LogP contribution in [0, 0.1) is 5.92 Å². The zero-order valence-electron chi connectivity index (χ0n) is 16.4. The van der Waals surface area contributed by atoms with E-state index in [1.807, 2.05) is 0 Å². The quantitative estimate of drug-likeness (QED) is 0.556.